The van der Waals surface area contributed by atoms with Crippen LogP contribution < -0.4 is 0 Å². The Morgan fingerprint density at radius 1 is 0.487 bits per heavy atom. The van der Waals surface area contributed by atoms with Gasteiger partial charge in [0, 0.05) is 27.8 Å². The van der Waals surface area contributed by atoms with E-state index in [4.69, 9.17) is 4.98 Å². The van der Waals surface area contributed by atoms with Crippen molar-refractivity contribution < 1.29 is 0 Å². The number of hydrogen-bond donors (Lipinski definition) is 0. The summed E-state index contributed by atoms with van der Waals surface area (Å²) in [6.07, 6.45) is 2.11. The van der Waals surface area contributed by atoms with Gasteiger partial charge in [0.15, 0.2) is 0 Å². The van der Waals surface area contributed by atoms with E-state index in [0.717, 1.165) is 5.52 Å². The van der Waals surface area contributed by atoms with Gasteiger partial charge in [0.25, 0.3) is 0 Å². The molecule has 0 atom stereocenters. The first-order chi connectivity index (χ1) is 19.1. The van der Waals surface area contributed by atoms with E-state index in [1.165, 1.54) is 71.4 Å². The molecule has 1 heterocycles. The minimum Gasteiger partial charge on any atom is -0.256 e. The summed E-state index contributed by atoms with van der Waals surface area (Å²) in [5, 5.41) is 6.20. The fourth-order valence-corrected chi connectivity index (χ4v) is 7.05. The summed E-state index contributed by atoms with van der Waals surface area (Å²) < 4.78 is 0. The first-order valence-electron chi connectivity index (χ1n) is 13.7. The lowest BCUT2D eigenvalue weighted by Gasteiger charge is -2.26. The molecular formula is C38H27N. The highest BCUT2D eigenvalue weighted by Crippen LogP contribution is 2.54. The molecule has 6 aromatic carbocycles. The molecule has 1 heteroatoms. The number of nitrogens with zero attached hydrogens (tertiary/aromatic N) is 1. The molecule has 0 amide bonds. The van der Waals surface area contributed by atoms with Gasteiger partial charge in [-0.2, -0.15) is 0 Å². The van der Waals surface area contributed by atoms with Crippen LogP contribution in [0.5, 0.6) is 0 Å². The Morgan fingerprint density at radius 3 is 1.92 bits per heavy atom. The molecule has 0 aliphatic heterocycles. The third-order valence-electron chi connectivity index (χ3n) is 8.67. The standard InChI is InChI=1S/C38H27N/c1-38(2)32-21-10-8-15-25(32)28-19-12-20-30(37(28)38)35-27-17-7-6-16-26(27)34(24-13-4-3-5-14-24)36-29-18-9-11-22-33(29)39-23-31(35)36/h3-23H,1-2H3. The Kier molecular flexibility index (Phi) is 4.63. The van der Waals surface area contributed by atoms with Crippen molar-refractivity contribution >= 4 is 32.4 Å². The quantitative estimate of drug-likeness (QED) is 0.171. The maximum atomic E-state index is 5.01. The van der Waals surface area contributed by atoms with Gasteiger partial charge in [-0.25, -0.2) is 0 Å². The zero-order valence-electron chi connectivity index (χ0n) is 22.1. The third kappa shape index (κ3) is 3.05. The van der Waals surface area contributed by atoms with Crippen LogP contribution in [0, 0.1) is 0 Å². The normalized spacial score (nSPS) is 13.6. The molecule has 0 fully saturated rings. The lowest BCUT2D eigenvalue weighted by Crippen LogP contribution is -2.16. The summed E-state index contributed by atoms with van der Waals surface area (Å²) in [4.78, 5) is 5.01. The molecular weight excluding hydrogens is 470 g/mol. The van der Waals surface area contributed by atoms with Gasteiger partial charge in [0.2, 0.25) is 0 Å². The SMILES string of the molecule is CC1(C)c2ccccc2-c2cccc(-c3c4ccccc4c(-c4ccccc4)c4c3cnc3ccccc34)c21. The first kappa shape index (κ1) is 22.3. The second-order valence-corrected chi connectivity index (χ2v) is 11.1. The number of para-hydroxylation sites is 1. The molecule has 0 saturated carbocycles. The zero-order valence-corrected chi connectivity index (χ0v) is 22.1. The van der Waals surface area contributed by atoms with Crippen LogP contribution in [-0.4, -0.2) is 4.98 Å². The highest BCUT2D eigenvalue weighted by atomic mass is 14.7. The van der Waals surface area contributed by atoms with E-state index in [0.29, 0.717) is 0 Å². The molecule has 0 spiro atoms. The van der Waals surface area contributed by atoms with Gasteiger partial charge < -0.3 is 0 Å². The third-order valence-corrected chi connectivity index (χ3v) is 8.67. The molecule has 7 aromatic rings. The number of benzene rings is 6. The summed E-state index contributed by atoms with van der Waals surface area (Å²) in [5.41, 5.74) is 11.5. The van der Waals surface area contributed by atoms with E-state index >= 15 is 0 Å². The molecule has 0 saturated heterocycles. The average Bonchev–Trinajstić information content (AvgIpc) is 3.23. The number of aromatic nitrogens is 1. The lowest BCUT2D eigenvalue weighted by molar-refractivity contribution is 0.662. The Morgan fingerprint density at radius 2 is 1.10 bits per heavy atom. The maximum absolute atomic E-state index is 5.01. The van der Waals surface area contributed by atoms with Gasteiger partial charge in [-0.3, -0.25) is 4.98 Å². The van der Waals surface area contributed by atoms with E-state index in [-0.39, 0.29) is 5.41 Å². The minimum atomic E-state index is -0.113. The van der Waals surface area contributed by atoms with E-state index in [1.807, 2.05) is 0 Å². The molecule has 8 rings (SSSR count). The van der Waals surface area contributed by atoms with E-state index in [1.54, 1.807) is 0 Å². The Hall–Kier alpha value is -4.75. The zero-order chi connectivity index (χ0) is 26.1. The van der Waals surface area contributed by atoms with Crippen molar-refractivity contribution in [3.63, 3.8) is 0 Å². The van der Waals surface area contributed by atoms with Crippen LogP contribution in [0.15, 0.2) is 128 Å². The molecule has 0 radical (unpaired) electrons. The molecule has 0 bridgehead atoms. The summed E-state index contributed by atoms with van der Waals surface area (Å²) in [6, 6.07) is 44.1. The van der Waals surface area contributed by atoms with Crippen molar-refractivity contribution in [1.82, 2.24) is 4.98 Å². The van der Waals surface area contributed by atoms with Gasteiger partial charge in [0.1, 0.15) is 0 Å². The predicted octanol–water partition coefficient (Wildman–Crippen LogP) is 10.2. The van der Waals surface area contributed by atoms with E-state index in [9.17, 15) is 0 Å². The molecule has 1 aliphatic rings. The lowest BCUT2D eigenvalue weighted by atomic mass is 9.76. The first-order valence-corrected chi connectivity index (χ1v) is 13.7. The highest BCUT2D eigenvalue weighted by Gasteiger charge is 2.38. The Bertz CT molecular complexity index is 2080. The molecule has 1 nitrogen and oxygen atoms in total. The Balaban J connectivity index is 1.60. The predicted molar refractivity (Wildman–Crippen MR) is 165 cm³/mol. The maximum Gasteiger partial charge on any atom is 0.0708 e. The smallest absolute Gasteiger partial charge is 0.0708 e. The molecule has 1 aliphatic carbocycles. The number of fused-ring (bicyclic) bond motifs is 7. The van der Waals surface area contributed by atoms with Crippen molar-refractivity contribution in [2.75, 3.05) is 0 Å². The van der Waals surface area contributed by atoms with Gasteiger partial charge in [-0.05, 0) is 61.3 Å². The molecule has 39 heavy (non-hydrogen) atoms. The summed E-state index contributed by atoms with van der Waals surface area (Å²) in [5.74, 6) is 0. The van der Waals surface area contributed by atoms with Crippen molar-refractivity contribution in [3.8, 4) is 33.4 Å². The van der Waals surface area contributed by atoms with Crippen molar-refractivity contribution in [2.24, 2.45) is 0 Å². The molecule has 1 aromatic heterocycles. The number of rotatable bonds is 2. The van der Waals surface area contributed by atoms with Gasteiger partial charge in [0.05, 0.1) is 5.52 Å². The summed E-state index contributed by atoms with van der Waals surface area (Å²) in [7, 11) is 0. The van der Waals surface area contributed by atoms with Crippen molar-refractivity contribution in [3.05, 3.63) is 139 Å². The molecule has 0 N–H and O–H groups in total. The van der Waals surface area contributed by atoms with E-state index < -0.39 is 0 Å². The molecule has 0 unspecified atom stereocenters. The van der Waals surface area contributed by atoms with Gasteiger partial charge in [-0.15, -0.1) is 0 Å². The summed E-state index contributed by atoms with van der Waals surface area (Å²) >= 11 is 0. The minimum absolute atomic E-state index is 0.113. The number of pyridine rings is 1. The monoisotopic (exact) mass is 497 g/mol. The fraction of sp³-hybridized carbons (Fsp3) is 0.0789. The van der Waals surface area contributed by atoms with Crippen molar-refractivity contribution in [2.45, 2.75) is 19.3 Å². The second kappa shape index (κ2) is 8.12. The van der Waals surface area contributed by atoms with Crippen molar-refractivity contribution in [1.29, 1.82) is 0 Å². The number of hydrogen-bond acceptors (Lipinski definition) is 1. The fourth-order valence-electron chi connectivity index (χ4n) is 7.05. The van der Waals surface area contributed by atoms with Crippen LogP contribution >= 0.6 is 0 Å². The van der Waals surface area contributed by atoms with Crippen LogP contribution in [0.2, 0.25) is 0 Å². The topological polar surface area (TPSA) is 12.9 Å². The van der Waals surface area contributed by atoms with Crippen LogP contribution in [-0.2, 0) is 5.41 Å². The van der Waals surface area contributed by atoms with Crippen LogP contribution in [0.25, 0.3) is 65.8 Å². The largest absolute Gasteiger partial charge is 0.256 e. The highest BCUT2D eigenvalue weighted by molar-refractivity contribution is 6.27. The van der Waals surface area contributed by atoms with Gasteiger partial charge >= 0.3 is 0 Å². The van der Waals surface area contributed by atoms with Gasteiger partial charge in [-0.1, -0.05) is 129 Å². The second-order valence-electron chi connectivity index (χ2n) is 11.1. The summed E-state index contributed by atoms with van der Waals surface area (Å²) in [6.45, 7) is 4.75. The van der Waals surface area contributed by atoms with Crippen LogP contribution in [0.3, 0.4) is 0 Å². The van der Waals surface area contributed by atoms with E-state index in [2.05, 4.69) is 141 Å². The Labute approximate surface area is 228 Å². The van der Waals surface area contributed by atoms with Crippen LogP contribution in [0.4, 0.5) is 0 Å². The average molecular weight is 498 g/mol. The molecule has 184 valence electrons. The van der Waals surface area contributed by atoms with Crippen LogP contribution in [0.1, 0.15) is 25.0 Å².